The van der Waals surface area contributed by atoms with Gasteiger partial charge in [-0.15, -0.1) is 0 Å². The predicted molar refractivity (Wildman–Crippen MR) is 121 cm³/mol. The fourth-order valence-electron chi connectivity index (χ4n) is 2.94. The monoisotopic (exact) mass is 532 g/mol. The van der Waals surface area contributed by atoms with Crippen LogP contribution < -0.4 is 14.6 Å². The molecule has 9 nitrogen and oxygen atoms in total. The third-order valence-corrected chi connectivity index (χ3v) is 5.46. The third kappa shape index (κ3) is 8.27. The van der Waals surface area contributed by atoms with Crippen LogP contribution in [0.2, 0.25) is 0 Å². The summed E-state index contributed by atoms with van der Waals surface area (Å²) < 4.78 is 2.88. The van der Waals surface area contributed by atoms with Crippen molar-refractivity contribution >= 4 is 46.6 Å². The number of unbranched alkanes of at least 4 members (excludes halogenated alkanes) is 1. The van der Waals surface area contributed by atoms with Crippen molar-refractivity contribution in [3.63, 3.8) is 0 Å². The molecule has 0 saturated carbocycles. The Balaban J connectivity index is 2.98. The second-order valence-electron chi connectivity index (χ2n) is 7.02. The van der Waals surface area contributed by atoms with E-state index in [0.717, 1.165) is 23.3 Å². The summed E-state index contributed by atoms with van der Waals surface area (Å²) in [6.07, 6.45) is 1.82. The summed E-state index contributed by atoms with van der Waals surface area (Å²) in [5.41, 5.74) is 6.22. The van der Waals surface area contributed by atoms with Gasteiger partial charge in [-0.2, -0.15) is 0 Å². The maximum absolute atomic E-state index is 12.9. The number of nitrogens with two attached hydrogens (primary N) is 1. The predicted octanol–water partition coefficient (Wildman–Crippen LogP) is 0.999. The summed E-state index contributed by atoms with van der Waals surface area (Å²) in [6.45, 7) is 2.00. The van der Waals surface area contributed by atoms with E-state index in [1.54, 1.807) is 24.3 Å². The van der Waals surface area contributed by atoms with Crippen LogP contribution in [-0.4, -0.2) is 58.9 Å². The minimum Gasteiger partial charge on any atom is -0.481 e. The lowest BCUT2D eigenvalue weighted by atomic mass is 10.0. The molecule has 0 bridgehead atoms. The molecular weight excluding hydrogens is 503 g/mol. The summed E-state index contributed by atoms with van der Waals surface area (Å²) in [5.74, 6) is -3.11. The van der Waals surface area contributed by atoms with E-state index < -0.39 is 48.2 Å². The number of carboxylic acids is 1. The van der Waals surface area contributed by atoms with Crippen LogP contribution in [0.25, 0.3) is 0 Å². The number of rotatable bonds is 13. The first-order valence-corrected chi connectivity index (χ1v) is 10.8. The Bertz CT molecular complexity index is 731. The lowest BCUT2D eigenvalue weighted by Crippen LogP contribution is -2.56. The zero-order chi connectivity index (χ0) is 22.7. The lowest BCUT2D eigenvalue weighted by molar-refractivity contribution is -0.146. The van der Waals surface area contributed by atoms with Crippen molar-refractivity contribution in [2.24, 2.45) is 5.73 Å². The Kier molecular flexibility index (Phi) is 11.3. The summed E-state index contributed by atoms with van der Waals surface area (Å²) in [6, 6.07) is 6.13. The largest absolute Gasteiger partial charge is 0.481 e. The van der Waals surface area contributed by atoms with Crippen molar-refractivity contribution in [2.75, 3.05) is 7.05 Å². The maximum atomic E-state index is 12.9. The van der Waals surface area contributed by atoms with Gasteiger partial charge in [0, 0.05) is 36.3 Å². The molecule has 3 amide bonds. The van der Waals surface area contributed by atoms with E-state index in [2.05, 4.69) is 8.85 Å². The van der Waals surface area contributed by atoms with E-state index >= 15 is 0 Å². The number of carbonyl (C=O) groups excluding carboxylic acids is 3. The van der Waals surface area contributed by atoms with Crippen LogP contribution in [0.15, 0.2) is 30.3 Å². The Labute approximate surface area is 190 Å². The molecule has 0 unspecified atom stereocenters. The van der Waals surface area contributed by atoms with Gasteiger partial charge in [0.05, 0.1) is 12.5 Å². The number of halogens is 1. The molecule has 0 aliphatic rings. The molecule has 0 radical (unpaired) electrons. The van der Waals surface area contributed by atoms with Crippen LogP contribution in [-0.2, 0) is 25.6 Å². The van der Waals surface area contributed by atoms with Gasteiger partial charge in [0.25, 0.3) is 0 Å². The molecule has 10 heteroatoms. The van der Waals surface area contributed by atoms with Crippen LogP contribution in [0.4, 0.5) is 0 Å². The molecule has 1 aromatic rings. The SMILES string of the molecule is CCCC[C@H](NI)C(=O)N(C)[C@H](CC(=O)O)C(=O)N[C@@H](Cc1ccccc1)C(N)=O. The van der Waals surface area contributed by atoms with Crippen molar-refractivity contribution in [3.05, 3.63) is 35.9 Å². The average Bonchev–Trinajstić information content (AvgIpc) is 2.71. The summed E-state index contributed by atoms with van der Waals surface area (Å²) in [7, 11) is 1.39. The van der Waals surface area contributed by atoms with Crippen LogP contribution >= 0.6 is 22.9 Å². The summed E-state index contributed by atoms with van der Waals surface area (Å²) in [4.78, 5) is 50.0. The standard InChI is InChI=1S/C20H29IN4O5/c1-3-4-10-14(24-21)20(30)25(2)16(12-17(26)27)19(29)23-15(18(22)28)11-13-8-6-5-7-9-13/h5-9,14-16,24H,3-4,10-12H2,1-2H3,(H2,22,28)(H,23,29)(H,26,27)/t14-,15-,16+/m0/s1. The highest BCUT2D eigenvalue weighted by Gasteiger charge is 2.34. The molecule has 0 aliphatic carbocycles. The van der Waals surface area contributed by atoms with Crippen LogP contribution in [0.1, 0.15) is 38.2 Å². The van der Waals surface area contributed by atoms with Gasteiger partial charge in [-0.25, -0.2) is 3.53 Å². The smallest absolute Gasteiger partial charge is 0.305 e. The molecule has 0 aromatic heterocycles. The number of primary amides is 1. The zero-order valence-electron chi connectivity index (χ0n) is 17.1. The van der Waals surface area contributed by atoms with Gasteiger partial charge in [-0.1, -0.05) is 50.1 Å². The maximum Gasteiger partial charge on any atom is 0.305 e. The first kappa shape index (κ1) is 25.8. The van der Waals surface area contributed by atoms with Gasteiger partial charge in [-0.3, -0.25) is 19.2 Å². The summed E-state index contributed by atoms with van der Waals surface area (Å²) >= 11 is 1.87. The number of hydrogen-bond donors (Lipinski definition) is 4. The molecule has 1 rings (SSSR count). The van der Waals surface area contributed by atoms with Gasteiger partial charge in [0.1, 0.15) is 12.1 Å². The molecule has 0 heterocycles. The first-order chi connectivity index (χ1) is 14.2. The molecule has 0 saturated heterocycles. The van der Waals surface area contributed by atoms with Crippen molar-refractivity contribution in [1.82, 2.24) is 13.7 Å². The van der Waals surface area contributed by atoms with E-state index in [-0.39, 0.29) is 6.42 Å². The normalized spacial score (nSPS) is 13.7. The number of benzene rings is 1. The highest BCUT2D eigenvalue weighted by atomic mass is 127. The van der Waals surface area contributed by atoms with Gasteiger partial charge < -0.3 is 21.1 Å². The number of carbonyl (C=O) groups is 4. The fourth-order valence-corrected chi connectivity index (χ4v) is 3.52. The Morgan fingerprint density at radius 2 is 1.80 bits per heavy atom. The van der Waals surface area contributed by atoms with Crippen LogP contribution in [0.5, 0.6) is 0 Å². The van der Waals surface area contributed by atoms with Gasteiger partial charge in [-0.05, 0) is 12.0 Å². The van der Waals surface area contributed by atoms with Gasteiger partial charge >= 0.3 is 5.97 Å². The highest BCUT2D eigenvalue weighted by molar-refractivity contribution is 14.1. The fraction of sp³-hybridized carbons (Fsp3) is 0.500. The van der Waals surface area contributed by atoms with Crippen LogP contribution in [0.3, 0.4) is 0 Å². The Hall–Kier alpha value is -2.21. The number of hydrogen-bond acceptors (Lipinski definition) is 5. The quantitative estimate of drug-likeness (QED) is 0.221. The second kappa shape index (κ2) is 13.2. The number of nitrogens with one attached hydrogen (secondary N) is 2. The van der Waals surface area contributed by atoms with E-state index in [1.165, 1.54) is 7.05 Å². The van der Waals surface area contributed by atoms with Crippen molar-refractivity contribution in [2.45, 2.75) is 57.2 Å². The van der Waals surface area contributed by atoms with Gasteiger partial charge in [0.15, 0.2) is 0 Å². The molecule has 166 valence electrons. The molecule has 5 N–H and O–H groups in total. The van der Waals surface area contributed by atoms with E-state index in [1.807, 2.05) is 35.9 Å². The minimum atomic E-state index is -1.28. The number of aliphatic carboxylic acids is 1. The number of amides is 3. The topological polar surface area (TPSA) is 142 Å². The number of likely N-dealkylation sites (N-methyl/N-ethyl adjacent to an activating group) is 1. The van der Waals surface area contributed by atoms with Crippen LogP contribution in [0, 0.1) is 0 Å². The second-order valence-corrected chi connectivity index (χ2v) is 7.64. The summed E-state index contributed by atoms with van der Waals surface area (Å²) in [5, 5.41) is 11.8. The van der Waals surface area contributed by atoms with Crippen molar-refractivity contribution in [1.29, 1.82) is 0 Å². The number of nitrogens with zero attached hydrogens (tertiary/aromatic N) is 1. The van der Waals surface area contributed by atoms with Gasteiger partial charge in [0.2, 0.25) is 17.7 Å². The van der Waals surface area contributed by atoms with Crippen molar-refractivity contribution < 1.29 is 24.3 Å². The number of carboxylic acid groups (broad SMARTS) is 1. The highest BCUT2D eigenvalue weighted by Crippen LogP contribution is 2.12. The Morgan fingerprint density at radius 3 is 2.30 bits per heavy atom. The molecule has 0 fully saturated rings. The molecular formula is C20H29IN4O5. The van der Waals surface area contributed by atoms with E-state index in [0.29, 0.717) is 6.42 Å². The van der Waals surface area contributed by atoms with Crippen molar-refractivity contribution in [3.8, 4) is 0 Å². The van der Waals surface area contributed by atoms with E-state index in [4.69, 9.17) is 5.73 Å². The zero-order valence-corrected chi connectivity index (χ0v) is 19.3. The first-order valence-electron chi connectivity index (χ1n) is 9.69. The van der Waals surface area contributed by atoms with E-state index in [9.17, 15) is 24.3 Å². The molecule has 1 aromatic carbocycles. The lowest BCUT2D eigenvalue weighted by Gasteiger charge is -2.30. The average molecular weight is 532 g/mol. The molecule has 30 heavy (non-hydrogen) atoms. The molecule has 0 aliphatic heterocycles. The molecule has 3 atom stereocenters. The third-order valence-electron chi connectivity index (χ3n) is 4.70. The molecule has 0 spiro atoms. The Morgan fingerprint density at radius 1 is 1.17 bits per heavy atom. The minimum absolute atomic E-state index is 0.161.